The number of aliphatic imine (C=N–C) groups is 1. The highest BCUT2D eigenvalue weighted by molar-refractivity contribution is 7.80. The number of aliphatic carboxylic acids is 3. The number of aromatic amines is 1. The zero-order valence-electron chi connectivity index (χ0n) is 30.4. The second-order valence-electron chi connectivity index (χ2n) is 11.8. The number of hydrogen-bond donors (Lipinski definition) is 13. The molecule has 2 heterocycles. The van der Waals surface area contributed by atoms with Gasteiger partial charge >= 0.3 is 11.9 Å². The van der Waals surface area contributed by atoms with Gasteiger partial charge in [0, 0.05) is 36.9 Å². The summed E-state index contributed by atoms with van der Waals surface area (Å²) in [5, 5.41) is 38.6. The first-order chi connectivity index (χ1) is 26.9. The van der Waals surface area contributed by atoms with Crippen molar-refractivity contribution in [1.82, 2.24) is 41.2 Å². The number of rotatable bonds is 20. The Morgan fingerprint density at radius 2 is 1.53 bits per heavy atom. The minimum absolute atomic E-state index is 0.0148. The predicted molar refractivity (Wildman–Crippen MR) is 206 cm³/mol. The van der Waals surface area contributed by atoms with Crippen LogP contribution < -0.4 is 49.3 Å². The second kappa shape index (κ2) is 23.0. The van der Waals surface area contributed by atoms with Gasteiger partial charge in [0.25, 0.3) is 17.4 Å². The third-order valence-electron chi connectivity index (χ3n) is 7.21. The SMILES string of the molecule is CC(=O)O.NC(N)=NCCCC(NC(=O)CCC(NC(=O)c1ccc(NCc2cnc3nc(N)[nH]c(=O)c3n2)cc1)C(=O)O)C(=O)NCC(=O)NC(CS)C(=O)O. The highest BCUT2D eigenvalue weighted by Crippen LogP contribution is 2.13. The van der Waals surface area contributed by atoms with Crippen molar-refractivity contribution in [2.45, 2.75) is 57.3 Å². The van der Waals surface area contributed by atoms with Crippen molar-refractivity contribution in [2.75, 3.05) is 29.9 Å². The van der Waals surface area contributed by atoms with Gasteiger partial charge in [0.2, 0.25) is 23.7 Å². The molecule has 4 amide bonds. The number of carboxylic acid groups (broad SMARTS) is 3. The van der Waals surface area contributed by atoms with Crippen molar-refractivity contribution in [3.05, 3.63) is 52.1 Å². The molecule has 25 heteroatoms. The summed E-state index contributed by atoms with van der Waals surface area (Å²) in [7, 11) is 0. The molecule has 0 aliphatic carbocycles. The Kier molecular flexibility index (Phi) is 18.6. The number of nitrogens with two attached hydrogens (primary N) is 3. The van der Waals surface area contributed by atoms with E-state index in [2.05, 4.69) is 64.1 Å². The summed E-state index contributed by atoms with van der Waals surface area (Å²) >= 11 is 3.85. The van der Waals surface area contributed by atoms with Crippen molar-refractivity contribution in [1.29, 1.82) is 0 Å². The van der Waals surface area contributed by atoms with E-state index < -0.39 is 78.2 Å². The molecule has 0 spiro atoms. The molecule has 3 atom stereocenters. The zero-order valence-corrected chi connectivity index (χ0v) is 31.2. The molecule has 57 heavy (non-hydrogen) atoms. The Morgan fingerprint density at radius 1 is 0.895 bits per heavy atom. The first-order valence-electron chi connectivity index (χ1n) is 16.7. The number of H-pyrrole nitrogens is 1. The number of nitrogens with zero attached hydrogens (tertiary/aromatic N) is 4. The number of nitrogens with one attached hydrogen (secondary N) is 6. The third kappa shape index (κ3) is 16.9. The molecule has 0 saturated heterocycles. The van der Waals surface area contributed by atoms with E-state index in [4.69, 9.17) is 32.2 Å². The summed E-state index contributed by atoms with van der Waals surface area (Å²) in [6, 6.07) is 2.06. The number of benzene rings is 1. The number of amides is 4. The minimum atomic E-state index is -1.47. The highest BCUT2D eigenvalue weighted by atomic mass is 32.1. The fourth-order valence-corrected chi connectivity index (χ4v) is 4.77. The van der Waals surface area contributed by atoms with Gasteiger partial charge in [0.15, 0.2) is 17.1 Å². The molecular formula is C32H43N13O11S. The van der Waals surface area contributed by atoms with Gasteiger partial charge in [0.05, 0.1) is 25.0 Å². The number of nitrogen functional groups attached to an aromatic ring is 1. The van der Waals surface area contributed by atoms with Crippen LogP contribution in [-0.2, 0) is 35.3 Å². The van der Waals surface area contributed by atoms with Gasteiger partial charge in [-0.3, -0.25) is 38.7 Å². The number of guanidine groups is 1. The van der Waals surface area contributed by atoms with Gasteiger partial charge < -0.3 is 59.1 Å². The normalized spacial score (nSPS) is 12.0. The van der Waals surface area contributed by atoms with Crippen molar-refractivity contribution < 1.29 is 48.9 Å². The average Bonchev–Trinajstić information content (AvgIpc) is 3.14. The van der Waals surface area contributed by atoms with E-state index in [1.165, 1.54) is 18.3 Å². The maximum atomic E-state index is 12.9. The van der Waals surface area contributed by atoms with Crippen LogP contribution in [0, 0.1) is 0 Å². The van der Waals surface area contributed by atoms with Crippen molar-refractivity contribution >= 4 is 82.9 Å². The molecule has 2 aromatic heterocycles. The van der Waals surface area contributed by atoms with Crippen molar-refractivity contribution in [2.24, 2.45) is 16.5 Å². The fraction of sp³-hybridized carbons (Fsp3) is 0.375. The molecule has 15 N–H and O–H groups in total. The molecule has 0 bridgehead atoms. The smallest absolute Gasteiger partial charge is 0.327 e. The first-order valence-corrected chi connectivity index (χ1v) is 17.4. The van der Waals surface area contributed by atoms with E-state index in [1.54, 1.807) is 12.1 Å². The van der Waals surface area contributed by atoms with Crippen LogP contribution in [0.25, 0.3) is 11.2 Å². The van der Waals surface area contributed by atoms with Crippen LogP contribution in [0.4, 0.5) is 11.6 Å². The van der Waals surface area contributed by atoms with E-state index in [0.717, 1.165) is 6.92 Å². The van der Waals surface area contributed by atoms with Crippen LogP contribution in [0.15, 0.2) is 40.2 Å². The fourth-order valence-electron chi connectivity index (χ4n) is 4.52. The number of aromatic nitrogens is 4. The van der Waals surface area contributed by atoms with Crippen molar-refractivity contribution in [3.63, 3.8) is 0 Å². The topological polar surface area (TPSA) is 402 Å². The lowest BCUT2D eigenvalue weighted by atomic mass is 10.1. The second-order valence-corrected chi connectivity index (χ2v) is 12.1. The van der Waals surface area contributed by atoms with Crippen LogP contribution in [0.2, 0.25) is 0 Å². The average molecular weight is 818 g/mol. The van der Waals surface area contributed by atoms with E-state index in [9.17, 15) is 38.7 Å². The highest BCUT2D eigenvalue weighted by Gasteiger charge is 2.25. The summed E-state index contributed by atoms with van der Waals surface area (Å²) < 4.78 is 0. The molecule has 1 aromatic carbocycles. The van der Waals surface area contributed by atoms with E-state index in [1.807, 2.05) is 0 Å². The van der Waals surface area contributed by atoms with Crippen LogP contribution in [0.1, 0.15) is 48.7 Å². The predicted octanol–water partition coefficient (Wildman–Crippen LogP) is -2.88. The molecule has 0 aliphatic heterocycles. The summed E-state index contributed by atoms with van der Waals surface area (Å²) in [5.74, 6) is -7.06. The maximum Gasteiger partial charge on any atom is 0.327 e. The largest absolute Gasteiger partial charge is 0.481 e. The third-order valence-corrected chi connectivity index (χ3v) is 7.57. The van der Waals surface area contributed by atoms with Gasteiger partial charge in [-0.1, -0.05) is 0 Å². The number of carbonyl (C=O) groups is 7. The van der Waals surface area contributed by atoms with Gasteiger partial charge in [-0.05, 0) is 43.5 Å². The summed E-state index contributed by atoms with van der Waals surface area (Å²) in [6.07, 6.45) is 0.934. The molecule has 3 unspecified atom stereocenters. The molecule has 3 rings (SSSR count). The summed E-state index contributed by atoms with van der Waals surface area (Å²) in [5.41, 5.74) is 16.8. The van der Waals surface area contributed by atoms with E-state index in [-0.39, 0.29) is 66.7 Å². The summed E-state index contributed by atoms with van der Waals surface area (Å²) in [6.45, 7) is 0.764. The lowest BCUT2D eigenvalue weighted by Gasteiger charge is -2.20. The van der Waals surface area contributed by atoms with Crippen LogP contribution >= 0.6 is 12.6 Å². The molecule has 0 aliphatic rings. The zero-order chi connectivity index (χ0) is 42.7. The van der Waals surface area contributed by atoms with Crippen molar-refractivity contribution in [3.8, 4) is 0 Å². The van der Waals surface area contributed by atoms with Crippen LogP contribution in [0.3, 0.4) is 0 Å². The molecular weight excluding hydrogens is 774 g/mol. The Morgan fingerprint density at radius 3 is 2.12 bits per heavy atom. The van der Waals surface area contributed by atoms with Gasteiger partial charge in [-0.15, -0.1) is 0 Å². The Balaban J connectivity index is 0.00000267. The monoisotopic (exact) mass is 817 g/mol. The molecule has 0 fully saturated rings. The Bertz CT molecular complexity index is 2000. The van der Waals surface area contributed by atoms with Gasteiger partial charge in [0.1, 0.15) is 18.1 Å². The molecule has 0 radical (unpaired) electrons. The van der Waals surface area contributed by atoms with Crippen LogP contribution in [0.5, 0.6) is 0 Å². The first kappa shape index (κ1) is 46.1. The quantitative estimate of drug-likeness (QED) is 0.0236. The van der Waals surface area contributed by atoms with Gasteiger partial charge in [-0.2, -0.15) is 17.6 Å². The van der Waals surface area contributed by atoms with E-state index >= 15 is 0 Å². The Labute approximate surface area is 328 Å². The molecule has 0 saturated carbocycles. The number of carbonyl (C=O) groups excluding carboxylic acids is 4. The van der Waals surface area contributed by atoms with Crippen LogP contribution in [-0.4, -0.2) is 120 Å². The minimum Gasteiger partial charge on any atom is -0.481 e. The summed E-state index contributed by atoms with van der Waals surface area (Å²) in [4.78, 5) is 113. The van der Waals surface area contributed by atoms with Gasteiger partial charge in [-0.25, -0.2) is 19.6 Å². The molecule has 308 valence electrons. The lowest BCUT2D eigenvalue weighted by molar-refractivity contribution is -0.141. The maximum absolute atomic E-state index is 12.9. The number of fused-ring (bicyclic) bond motifs is 1. The molecule has 24 nitrogen and oxygen atoms in total. The standard InChI is InChI=1S/C30H39N13O9S.C2H4O2/c31-29(32)34-9-1-2-17(25(47)37-12-21(45)40-19(13-53)28(51)52)39-20(44)8-7-18(27(49)50)41-24(46)14-3-5-15(6-4-14)35-10-16-11-36-23-22(38-16)26(48)43-30(33)42-23;1-2(3)4/h3-6,11,17-19,35,53H,1-2,7-10,12-13H2,(H,37,47)(H,39,44)(H,40,45)(H,41,46)(H,49,50)(H,51,52)(H4,31,32,34)(H3,33,36,42,43,48);1H3,(H,3,4). The number of hydrogen-bond acceptors (Lipinski definition) is 15. The number of thiol groups is 1. The molecule has 3 aromatic rings. The number of carboxylic acids is 3. The Hall–Kier alpha value is -7.05. The van der Waals surface area contributed by atoms with E-state index in [0.29, 0.717) is 11.4 Å². The lowest BCUT2D eigenvalue weighted by Crippen LogP contribution is -2.51. The number of anilines is 2.